The molecule has 7 heteroatoms. The summed E-state index contributed by atoms with van der Waals surface area (Å²) in [6, 6.07) is 0.236. The Morgan fingerprint density at radius 3 is 2.61 bits per heavy atom. The minimum absolute atomic E-state index is 0.159. The minimum atomic E-state index is -1.72. The van der Waals surface area contributed by atoms with Gasteiger partial charge in [0.2, 0.25) is 5.82 Å². The van der Waals surface area contributed by atoms with Crippen LogP contribution in [0.2, 0.25) is 0 Å². The number of aromatic hydroxyl groups is 1. The summed E-state index contributed by atoms with van der Waals surface area (Å²) in [5.41, 5.74) is 4.69. The van der Waals surface area contributed by atoms with Crippen molar-refractivity contribution in [3.05, 3.63) is 29.1 Å². The number of hydrogen-bond acceptors (Lipinski definition) is 3. The van der Waals surface area contributed by atoms with Crippen molar-refractivity contribution in [1.82, 2.24) is 5.32 Å². The first kappa shape index (κ1) is 14.3. The molecule has 0 spiro atoms. The maximum atomic E-state index is 13.3. The Balaban J connectivity index is 2.87. The molecule has 1 aromatic rings. The minimum Gasteiger partial charge on any atom is -0.503 e. The van der Waals surface area contributed by atoms with Gasteiger partial charge in [0.1, 0.15) is 0 Å². The quantitative estimate of drug-likeness (QED) is 0.715. The zero-order chi connectivity index (χ0) is 13.9. The van der Waals surface area contributed by atoms with Gasteiger partial charge in [-0.05, 0) is 19.4 Å². The number of hydrogen-bond donors (Lipinski definition) is 3. The van der Waals surface area contributed by atoms with E-state index in [1.54, 1.807) is 6.92 Å². The second kappa shape index (κ2) is 5.72. The number of amides is 1. The van der Waals surface area contributed by atoms with Crippen molar-refractivity contribution in [3.8, 4) is 5.75 Å². The Morgan fingerprint density at radius 2 is 2.06 bits per heavy atom. The van der Waals surface area contributed by atoms with Gasteiger partial charge in [0.15, 0.2) is 17.4 Å². The average Bonchev–Trinajstić information content (AvgIpc) is 2.30. The number of rotatable bonds is 4. The van der Waals surface area contributed by atoms with Crippen LogP contribution in [-0.4, -0.2) is 23.6 Å². The summed E-state index contributed by atoms with van der Waals surface area (Å²) in [4.78, 5) is 11.5. The predicted molar refractivity (Wildman–Crippen MR) is 58.6 cm³/mol. The average molecular weight is 262 g/mol. The molecule has 1 rings (SSSR count). The SMILES string of the molecule is CC(N)CCNC(=O)c1cc(F)c(F)c(O)c1F. The molecule has 0 saturated heterocycles. The lowest BCUT2D eigenvalue weighted by Gasteiger charge is -2.09. The van der Waals surface area contributed by atoms with Crippen molar-refractivity contribution in [2.45, 2.75) is 19.4 Å². The van der Waals surface area contributed by atoms with Crippen molar-refractivity contribution in [2.24, 2.45) is 5.73 Å². The molecule has 4 N–H and O–H groups in total. The van der Waals surface area contributed by atoms with Gasteiger partial charge in [-0.3, -0.25) is 4.79 Å². The van der Waals surface area contributed by atoms with E-state index in [1.165, 1.54) is 0 Å². The van der Waals surface area contributed by atoms with Crippen LogP contribution in [0.15, 0.2) is 6.07 Å². The Morgan fingerprint density at radius 1 is 1.44 bits per heavy atom. The van der Waals surface area contributed by atoms with Crippen molar-refractivity contribution < 1.29 is 23.1 Å². The molecule has 0 bridgehead atoms. The Bertz CT molecular complexity index is 464. The number of phenolic OH excluding ortho intramolecular Hbond substituents is 1. The van der Waals surface area contributed by atoms with Crippen LogP contribution in [-0.2, 0) is 0 Å². The lowest BCUT2D eigenvalue weighted by Crippen LogP contribution is -2.29. The fourth-order valence-electron chi connectivity index (χ4n) is 1.26. The maximum Gasteiger partial charge on any atom is 0.254 e. The molecule has 100 valence electrons. The maximum absolute atomic E-state index is 13.3. The van der Waals surface area contributed by atoms with E-state index in [2.05, 4.69) is 5.32 Å². The van der Waals surface area contributed by atoms with Crippen LogP contribution in [0.3, 0.4) is 0 Å². The van der Waals surface area contributed by atoms with Gasteiger partial charge in [0.25, 0.3) is 5.91 Å². The zero-order valence-electron chi connectivity index (χ0n) is 9.64. The Kier molecular flexibility index (Phi) is 4.55. The van der Waals surface area contributed by atoms with E-state index >= 15 is 0 Å². The second-order valence-electron chi connectivity index (χ2n) is 3.90. The normalized spacial score (nSPS) is 12.3. The van der Waals surface area contributed by atoms with Crippen LogP contribution in [0.5, 0.6) is 5.75 Å². The second-order valence-corrected chi connectivity index (χ2v) is 3.90. The number of phenols is 1. The van der Waals surface area contributed by atoms with Crippen molar-refractivity contribution >= 4 is 5.91 Å². The van der Waals surface area contributed by atoms with Gasteiger partial charge in [-0.15, -0.1) is 0 Å². The van der Waals surface area contributed by atoms with Gasteiger partial charge in [0.05, 0.1) is 5.56 Å². The Hall–Kier alpha value is -1.76. The largest absolute Gasteiger partial charge is 0.503 e. The molecule has 0 heterocycles. The molecular weight excluding hydrogens is 249 g/mol. The molecule has 0 radical (unpaired) electrons. The van der Waals surface area contributed by atoms with Gasteiger partial charge in [-0.25, -0.2) is 8.78 Å². The lowest BCUT2D eigenvalue weighted by atomic mass is 10.1. The molecule has 1 atom stereocenters. The van der Waals surface area contributed by atoms with E-state index in [4.69, 9.17) is 10.8 Å². The summed E-state index contributed by atoms with van der Waals surface area (Å²) < 4.78 is 39.0. The smallest absolute Gasteiger partial charge is 0.254 e. The van der Waals surface area contributed by atoms with Gasteiger partial charge >= 0.3 is 0 Å². The first-order valence-corrected chi connectivity index (χ1v) is 5.24. The number of carbonyl (C=O) groups is 1. The van der Waals surface area contributed by atoms with E-state index < -0.39 is 34.7 Å². The number of benzene rings is 1. The zero-order valence-corrected chi connectivity index (χ0v) is 9.64. The first-order valence-electron chi connectivity index (χ1n) is 5.24. The molecule has 0 aliphatic carbocycles. The van der Waals surface area contributed by atoms with Crippen molar-refractivity contribution in [2.75, 3.05) is 6.54 Å². The van der Waals surface area contributed by atoms with Crippen LogP contribution in [0, 0.1) is 17.5 Å². The number of nitrogens with one attached hydrogen (secondary N) is 1. The molecule has 1 aromatic carbocycles. The van der Waals surface area contributed by atoms with E-state index in [0.29, 0.717) is 12.5 Å². The summed E-state index contributed by atoms with van der Waals surface area (Å²) in [6.45, 7) is 1.88. The van der Waals surface area contributed by atoms with Gasteiger partial charge < -0.3 is 16.2 Å². The third-order valence-electron chi connectivity index (χ3n) is 2.26. The van der Waals surface area contributed by atoms with E-state index in [0.717, 1.165) is 0 Å². The first-order chi connectivity index (χ1) is 8.34. The molecule has 4 nitrogen and oxygen atoms in total. The molecule has 0 aliphatic rings. The highest BCUT2D eigenvalue weighted by atomic mass is 19.2. The fraction of sp³-hybridized carbons (Fsp3) is 0.364. The van der Waals surface area contributed by atoms with E-state index in [9.17, 15) is 18.0 Å². The summed E-state index contributed by atoms with van der Waals surface area (Å²) in [7, 11) is 0. The topological polar surface area (TPSA) is 75.3 Å². The van der Waals surface area contributed by atoms with Gasteiger partial charge in [-0.2, -0.15) is 4.39 Å². The van der Waals surface area contributed by atoms with E-state index in [-0.39, 0.29) is 12.6 Å². The van der Waals surface area contributed by atoms with Crippen LogP contribution < -0.4 is 11.1 Å². The molecule has 18 heavy (non-hydrogen) atoms. The number of halogens is 3. The molecule has 0 aromatic heterocycles. The predicted octanol–water partition coefficient (Wildman–Crippen LogP) is 1.28. The highest BCUT2D eigenvalue weighted by Crippen LogP contribution is 2.25. The molecule has 0 fully saturated rings. The van der Waals surface area contributed by atoms with Crippen molar-refractivity contribution in [1.29, 1.82) is 0 Å². The van der Waals surface area contributed by atoms with Crippen LogP contribution >= 0.6 is 0 Å². The molecule has 0 saturated carbocycles. The lowest BCUT2D eigenvalue weighted by molar-refractivity contribution is 0.0947. The molecule has 0 aliphatic heterocycles. The third-order valence-corrected chi connectivity index (χ3v) is 2.26. The number of carbonyl (C=O) groups excluding carboxylic acids is 1. The molecule has 1 unspecified atom stereocenters. The molecule has 1 amide bonds. The summed E-state index contributed by atoms with van der Waals surface area (Å²) in [6.07, 6.45) is 0.447. The van der Waals surface area contributed by atoms with Gasteiger partial charge in [-0.1, -0.05) is 0 Å². The van der Waals surface area contributed by atoms with Crippen LogP contribution in [0.4, 0.5) is 13.2 Å². The van der Waals surface area contributed by atoms with Crippen LogP contribution in [0.1, 0.15) is 23.7 Å². The van der Waals surface area contributed by atoms with E-state index in [1.807, 2.05) is 0 Å². The van der Waals surface area contributed by atoms with Crippen LogP contribution in [0.25, 0.3) is 0 Å². The highest BCUT2D eigenvalue weighted by Gasteiger charge is 2.22. The van der Waals surface area contributed by atoms with Gasteiger partial charge in [0, 0.05) is 12.6 Å². The summed E-state index contributed by atoms with van der Waals surface area (Å²) in [5, 5.41) is 11.2. The third kappa shape index (κ3) is 3.13. The fourth-order valence-corrected chi connectivity index (χ4v) is 1.26. The number of nitrogens with two attached hydrogens (primary N) is 1. The summed E-state index contributed by atoms with van der Waals surface area (Å²) >= 11 is 0. The summed E-state index contributed by atoms with van der Waals surface area (Å²) in [5.74, 6) is -7.16. The molecular formula is C11H13F3N2O2. The van der Waals surface area contributed by atoms with Crippen molar-refractivity contribution in [3.63, 3.8) is 0 Å². The standard InChI is InChI=1S/C11H13F3N2O2/c1-5(15)2-3-16-11(18)6-4-7(12)9(14)10(17)8(6)13/h4-5,17H,2-3,15H2,1H3,(H,16,18). The highest BCUT2D eigenvalue weighted by molar-refractivity contribution is 5.94. The monoisotopic (exact) mass is 262 g/mol. The Labute approximate surface area is 102 Å².